The molecule has 0 aromatic rings. The minimum atomic E-state index is 0.119. The van der Waals surface area contributed by atoms with Crippen molar-refractivity contribution in [2.45, 2.75) is 32.4 Å². The fourth-order valence-electron chi connectivity index (χ4n) is 1.72. The lowest BCUT2D eigenvalue weighted by molar-refractivity contribution is 0.295. The highest BCUT2D eigenvalue weighted by Crippen LogP contribution is 2.24. The summed E-state index contributed by atoms with van der Waals surface area (Å²) in [6.07, 6.45) is 6.29. The van der Waals surface area contributed by atoms with Gasteiger partial charge in [-0.25, -0.2) is 6.57 Å². The molecule has 12 heavy (non-hydrogen) atoms. The summed E-state index contributed by atoms with van der Waals surface area (Å²) in [5.74, 6) is 0.549. The Hall–Kier alpha value is -1.15. The van der Waals surface area contributed by atoms with Crippen LogP contribution in [0.4, 0.5) is 0 Å². The summed E-state index contributed by atoms with van der Waals surface area (Å²) in [4.78, 5) is 5.50. The Morgan fingerprint density at radius 1 is 1.67 bits per heavy atom. The van der Waals surface area contributed by atoms with Crippen LogP contribution in [0.15, 0.2) is 0 Å². The van der Waals surface area contributed by atoms with Gasteiger partial charge in [-0.2, -0.15) is 0 Å². The second-order valence-corrected chi connectivity index (χ2v) is 3.61. The molecule has 0 bridgehead atoms. The fraction of sp³-hybridized carbons (Fsp3) is 0.700. The van der Waals surface area contributed by atoms with Gasteiger partial charge in [0.25, 0.3) is 0 Å². The third-order valence-electron chi connectivity index (χ3n) is 2.44. The molecule has 1 rings (SSSR count). The molecule has 0 spiro atoms. The molecule has 0 amide bonds. The molecule has 1 aliphatic heterocycles. The normalized spacial score (nSPS) is 28.6. The topological polar surface area (TPSA) is 7.60 Å². The van der Waals surface area contributed by atoms with Crippen molar-refractivity contribution in [1.82, 2.24) is 4.90 Å². The van der Waals surface area contributed by atoms with Crippen LogP contribution in [0, 0.1) is 25.0 Å². The van der Waals surface area contributed by atoms with Gasteiger partial charge in [0.2, 0.25) is 6.04 Å². The molecular formula is C10H14N2. The number of terminal acetylenes is 1. The first kappa shape index (κ1) is 8.94. The minimum absolute atomic E-state index is 0.119. The number of rotatable bonds is 1. The minimum Gasteiger partial charge on any atom is -0.321 e. The molecular weight excluding hydrogens is 148 g/mol. The predicted octanol–water partition coefficient (Wildman–Crippen LogP) is 1.60. The van der Waals surface area contributed by atoms with E-state index in [1.807, 2.05) is 4.90 Å². The smallest absolute Gasteiger partial charge is 0.243 e. The van der Waals surface area contributed by atoms with E-state index in [2.05, 4.69) is 24.7 Å². The molecule has 0 N–H and O–H groups in total. The highest BCUT2D eigenvalue weighted by atomic mass is 15.2. The van der Waals surface area contributed by atoms with Crippen LogP contribution < -0.4 is 0 Å². The van der Waals surface area contributed by atoms with Crippen LogP contribution in [-0.2, 0) is 0 Å². The summed E-state index contributed by atoms with van der Waals surface area (Å²) in [5, 5.41) is 0. The molecule has 2 nitrogen and oxygen atoms in total. The first-order valence-corrected chi connectivity index (χ1v) is 4.28. The fourth-order valence-corrected chi connectivity index (χ4v) is 1.72. The van der Waals surface area contributed by atoms with Crippen molar-refractivity contribution in [3.8, 4) is 12.5 Å². The number of hydrogen-bond donors (Lipinski definition) is 0. The van der Waals surface area contributed by atoms with Crippen molar-refractivity contribution >= 4 is 0 Å². The average molecular weight is 162 g/mol. The molecule has 0 aliphatic carbocycles. The van der Waals surface area contributed by atoms with Gasteiger partial charge >= 0.3 is 0 Å². The zero-order chi connectivity index (χ0) is 9.14. The van der Waals surface area contributed by atoms with Crippen LogP contribution in [0.25, 0.3) is 4.85 Å². The molecule has 0 saturated carbocycles. The maximum atomic E-state index is 6.93. The van der Waals surface area contributed by atoms with E-state index in [0.29, 0.717) is 12.0 Å². The molecule has 1 saturated heterocycles. The standard InChI is InChI=1S/C10H14N2/c1-5-12-7-9(11-4)6-10(12)8(2)3/h1,8-10H,6-7H2,2-3H3. The van der Waals surface area contributed by atoms with E-state index in [0.717, 1.165) is 13.0 Å². The summed E-state index contributed by atoms with van der Waals surface area (Å²) >= 11 is 0. The Bertz CT molecular complexity index is 231. The van der Waals surface area contributed by atoms with E-state index in [-0.39, 0.29) is 6.04 Å². The largest absolute Gasteiger partial charge is 0.321 e. The van der Waals surface area contributed by atoms with E-state index < -0.39 is 0 Å². The summed E-state index contributed by atoms with van der Waals surface area (Å²) in [7, 11) is 0. The van der Waals surface area contributed by atoms with Gasteiger partial charge < -0.3 is 9.74 Å². The molecule has 2 atom stereocenters. The molecule has 0 aromatic heterocycles. The van der Waals surface area contributed by atoms with Crippen LogP contribution in [0.1, 0.15) is 20.3 Å². The lowest BCUT2D eigenvalue weighted by atomic mass is 10.0. The van der Waals surface area contributed by atoms with Gasteiger partial charge in [-0.1, -0.05) is 20.3 Å². The van der Waals surface area contributed by atoms with Gasteiger partial charge in [-0.3, -0.25) is 0 Å². The summed E-state index contributed by atoms with van der Waals surface area (Å²) in [6, 6.07) is 3.18. The first-order valence-electron chi connectivity index (χ1n) is 4.28. The molecule has 0 radical (unpaired) electrons. The van der Waals surface area contributed by atoms with Gasteiger partial charge in [0.05, 0.1) is 0 Å². The van der Waals surface area contributed by atoms with Gasteiger partial charge in [-0.15, -0.1) is 0 Å². The Morgan fingerprint density at radius 2 is 2.33 bits per heavy atom. The lowest BCUT2D eigenvalue weighted by Crippen LogP contribution is -2.29. The first-order chi connectivity index (χ1) is 5.69. The number of hydrogen-bond acceptors (Lipinski definition) is 1. The van der Waals surface area contributed by atoms with Crippen molar-refractivity contribution in [3.63, 3.8) is 0 Å². The second kappa shape index (κ2) is 3.50. The average Bonchev–Trinajstić information content (AvgIpc) is 2.47. The van der Waals surface area contributed by atoms with Crippen LogP contribution in [-0.4, -0.2) is 23.5 Å². The maximum absolute atomic E-state index is 6.93. The van der Waals surface area contributed by atoms with Crippen molar-refractivity contribution in [3.05, 3.63) is 11.4 Å². The van der Waals surface area contributed by atoms with Crippen molar-refractivity contribution in [2.75, 3.05) is 6.54 Å². The Morgan fingerprint density at radius 3 is 2.67 bits per heavy atom. The molecule has 2 heteroatoms. The van der Waals surface area contributed by atoms with E-state index in [1.165, 1.54) is 0 Å². The van der Waals surface area contributed by atoms with E-state index >= 15 is 0 Å². The maximum Gasteiger partial charge on any atom is 0.243 e. The molecule has 64 valence electrons. The Kier molecular flexibility index (Phi) is 2.61. The zero-order valence-corrected chi connectivity index (χ0v) is 7.62. The van der Waals surface area contributed by atoms with Crippen LogP contribution in [0.2, 0.25) is 0 Å². The van der Waals surface area contributed by atoms with Crippen LogP contribution >= 0.6 is 0 Å². The summed E-state index contributed by atoms with van der Waals surface area (Å²) in [5.41, 5.74) is 0. The summed E-state index contributed by atoms with van der Waals surface area (Å²) in [6.45, 7) is 12.0. The van der Waals surface area contributed by atoms with Crippen molar-refractivity contribution in [2.24, 2.45) is 5.92 Å². The SMILES string of the molecule is [C-]#[N+]C1CC(C(C)C)N(C#C)C1. The van der Waals surface area contributed by atoms with E-state index in [1.54, 1.807) is 0 Å². The van der Waals surface area contributed by atoms with Gasteiger partial charge in [0.15, 0.2) is 0 Å². The molecule has 0 aromatic carbocycles. The van der Waals surface area contributed by atoms with E-state index in [4.69, 9.17) is 13.0 Å². The van der Waals surface area contributed by atoms with Crippen molar-refractivity contribution < 1.29 is 0 Å². The second-order valence-electron chi connectivity index (χ2n) is 3.61. The monoisotopic (exact) mass is 162 g/mol. The molecule has 1 aliphatic rings. The van der Waals surface area contributed by atoms with Crippen LogP contribution in [0.5, 0.6) is 0 Å². The number of likely N-dealkylation sites (tertiary alicyclic amines) is 1. The zero-order valence-electron chi connectivity index (χ0n) is 7.62. The predicted molar refractivity (Wildman–Crippen MR) is 49.2 cm³/mol. The Labute approximate surface area is 74.4 Å². The molecule has 1 fully saturated rings. The van der Waals surface area contributed by atoms with Crippen molar-refractivity contribution in [1.29, 1.82) is 0 Å². The van der Waals surface area contributed by atoms with Crippen LogP contribution in [0.3, 0.4) is 0 Å². The quantitative estimate of drug-likeness (QED) is 0.420. The molecule has 2 unspecified atom stereocenters. The third-order valence-corrected chi connectivity index (χ3v) is 2.44. The molecule has 1 heterocycles. The highest BCUT2D eigenvalue weighted by Gasteiger charge is 2.35. The number of nitrogens with zero attached hydrogens (tertiary/aromatic N) is 2. The highest BCUT2D eigenvalue weighted by molar-refractivity contribution is 5.03. The van der Waals surface area contributed by atoms with Gasteiger partial charge in [0, 0.05) is 18.5 Å². The lowest BCUT2D eigenvalue weighted by Gasteiger charge is -2.21. The van der Waals surface area contributed by atoms with Gasteiger partial charge in [0.1, 0.15) is 6.54 Å². The Balaban J connectivity index is 2.66. The van der Waals surface area contributed by atoms with E-state index in [9.17, 15) is 0 Å². The third kappa shape index (κ3) is 1.53. The van der Waals surface area contributed by atoms with Gasteiger partial charge in [-0.05, 0) is 5.92 Å². The summed E-state index contributed by atoms with van der Waals surface area (Å²) < 4.78 is 0.